The van der Waals surface area contributed by atoms with E-state index in [1.165, 1.54) is 25.7 Å². The molecule has 2 heterocycles. The fourth-order valence-corrected chi connectivity index (χ4v) is 2.20. The summed E-state index contributed by atoms with van der Waals surface area (Å²) in [5.41, 5.74) is 0. The molecule has 58 valence electrons. The molecule has 0 aromatic carbocycles. The van der Waals surface area contributed by atoms with Crippen LogP contribution < -0.4 is 5.32 Å². The van der Waals surface area contributed by atoms with E-state index in [4.69, 9.17) is 4.74 Å². The van der Waals surface area contributed by atoms with E-state index in [0.717, 1.165) is 12.1 Å². The summed E-state index contributed by atoms with van der Waals surface area (Å²) < 4.78 is 5.33. The largest absolute Gasteiger partial charge is 0.381 e. The fourth-order valence-electron chi connectivity index (χ4n) is 2.20. The molecule has 0 aliphatic carbocycles. The topological polar surface area (TPSA) is 21.3 Å². The number of hydrogen-bond donors (Lipinski definition) is 1. The Morgan fingerprint density at radius 2 is 1.80 bits per heavy atom. The first-order valence-electron chi connectivity index (χ1n) is 4.17. The zero-order chi connectivity index (χ0) is 6.97. The van der Waals surface area contributed by atoms with Gasteiger partial charge >= 0.3 is 0 Å². The van der Waals surface area contributed by atoms with Gasteiger partial charge in [0.15, 0.2) is 0 Å². The minimum absolute atomic E-state index is 0.541. The number of methoxy groups -OCH3 is 1. The molecule has 2 nitrogen and oxygen atoms in total. The second-order valence-electron chi connectivity index (χ2n) is 3.47. The second kappa shape index (κ2) is 2.51. The van der Waals surface area contributed by atoms with Crippen molar-refractivity contribution < 1.29 is 4.74 Å². The molecule has 3 atom stereocenters. The molecule has 0 aromatic rings. The maximum absolute atomic E-state index is 5.33. The van der Waals surface area contributed by atoms with Crippen LogP contribution in [0.25, 0.3) is 0 Å². The van der Waals surface area contributed by atoms with E-state index in [2.05, 4.69) is 5.32 Å². The van der Waals surface area contributed by atoms with Gasteiger partial charge in [0.25, 0.3) is 0 Å². The highest BCUT2D eigenvalue weighted by molar-refractivity contribution is 4.92. The minimum Gasteiger partial charge on any atom is -0.381 e. The van der Waals surface area contributed by atoms with Crippen molar-refractivity contribution in [1.82, 2.24) is 5.32 Å². The number of hydrogen-bond acceptors (Lipinski definition) is 2. The lowest BCUT2D eigenvalue weighted by Crippen LogP contribution is -2.40. The maximum atomic E-state index is 5.33. The number of ether oxygens (including phenoxy) is 1. The number of rotatable bonds is 1. The summed E-state index contributed by atoms with van der Waals surface area (Å²) in [6.45, 7) is 0. The average Bonchev–Trinajstić information content (AvgIpc) is 2.30. The van der Waals surface area contributed by atoms with Gasteiger partial charge in [0, 0.05) is 19.2 Å². The van der Waals surface area contributed by atoms with Crippen molar-refractivity contribution in [1.29, 1.82) is 0 Å². The minimum atomic E-state index is 0.541. The lowest BCUT2D eigenvalue weighted by Gasteiger charge is -2.27. The summed E-state index contributed by atoms with van der Waals surface area (Å²) in [5, 5.41) is 3.57. The summed E-state index contributed by atoms with van der Waals surface area (Å²) in [6, 6.07) is 1.53. The molecule has 2 heteroatoms. The molecule has 0 spiro atoms. The van der Waals surface area contributed by atoms with Crippen LogP contribution in [0.15, 0.2) is 0 Å². The van der Waals surface area contributed by atoms with Crippen LogP contribution in [0.2, 0.25) is 0 Å². The quantitative estimate of drug-likeness (QED) is 0.586. The van der Waals surface area contributed by atoms with Gasteiger partial charge < -0.3 is 10.1 Å². The summed E-state index contributed by atoms with van der Waals surface area (Å²) in [4.78, 5) is 0. The molecule has 0 radical (unpaired) electrons. The van der Waals surface area contributed by atoms with Crippen LogP contribution in [-0.2, 0) is 4.74 Å². The standard InChI is InChI=1S/C8H15NO/c1-10-8-4-6-2-3-7(5-8)9-6/h6-9H,2-5H2,1H3/t6-,7+,8?. The zero-order valence-corrected chi connectivity index (χ0v) is 6.47. The summed E-state index contributed by atoms with van der Waals surface area (Å²) in [7, 11) is 1.83. The van der Waals surface area contributed by atoms with Gasteiger partial charge in [-0.2, -0.15) is 0 Å². The predicted molar refractivity (Wildman–Crippen MR) is 40.0 cm³/mol. The fraction of sp³-hybridized carbons (Fsp3) is 1.00. The molecule has 0 aromatic heterocycles. The van der Waals surface area contributed by atoms with Gasteiger partial charge in [-0.1, -0.05) is 0 Å². The van der Waals surface area contributed by atoms with Gasteiger partial charge in [0.2, 0.25) is 0 Å². The Kier molecular flexibility index (Phi) is 1.66. The molecule has 2 aliphatic heterocycles. The number of fused-ring (bicyclic) bond motifs is 2. The molecule has 10 heavy (non-hydrogen) atoms. The third kappa shape index (κ3) is 1.06. The van der Waals surface area contributed by atoms with Gasteiger partial charge in [-0.3, -0.25) is 0 Å². The molecular weight excluding hydrogens is 126 g/mol. The monoisotopic (exact) mass is 141 g/mol. The molecule has 2 bridgehead atoms. The van der Waals surface area contributed by atoms with E-state index in [1.807, 2.05) is 7.11 Å². The zero-order valence-electron chi connectivity index (χ0n) is 6.47. The maximum Gasteiger partial charge on any atom is 0.0601 e. The Labute approximate surface area is 61.9 Å². The highest BCUT2D eigenvalue weighted by Crippen LogP contribution is 2.27. The summed E-state index contributed by atoms with van der Waals surface area (Å²) in [6.07, 6.45) is 5.73. The lowest BCUT2D eigenvalue weighted by molar-refractivity contribution is 0.0601. The van der Waals surface area contributed by atoms with Gasteiger partial charge in [-0.05, 0) is 25.7 Å². The third-order valence-corrected chi connectivity index (χ3v) is 2.76. The molecular formula is C8H15NO. The smallest absolute Gasteiger partial charge is 0.0601 e. The molecule has 2 rings (SSSR count). The van der Waals surface area contributed by atoms with Crippen molar-refractivity contribution >= 4 is 0 Å². The SMILES string of the molecule is COC1C[C@H]2CC[C@@H](C1)N2. The van der Waals surface area contributed by atoms with Crippen LogP contribution in [0.1, 0.15) is 25.7 Å². The first-order valence-corrected chi connectivity index (χ1v) is 4.17. The molecule has 1 unspecified atom stereocenters. The molecule has 2 aliphatic rings. The van der Waals surface area contributed by atoms with Crippen LogP contribution in [0.4, 0.5) is 0 Å². The van der Waals surface area contributed by atoms with Crippen molar-refractivity contribution in [3.63, 3.8) is 0 Å². The van der Waals surface area contributed by atoms with E-state index >= 15 is 0 Å². The Morgan fingerprint density at radius 3 is 2.30 bits per heavy atom. The van der Waals surface area contributed by atoms with Crippen LogP contribution in [-0.4, -0.2) is 25.3 Å². The van der Waals surface area contributed by atoms with Gasteiger partial charge in [-0.15, -0.1) is 0 Å². The molecule has 2 fully saturated rings. The van der Waals surface area contributed by atoms with Crippen molar-refractivity contribution in [2.24, 2.45) is 0 Å². The van der Waals surface area contributed by atoms with Crippen LogP contribution in [0, 0.1) is 0 Å². The van der Waals surface area contributed by atoms with Crippen molar-refractivity contribution in [2.75, 3.05) is 7.11 Å². The van der Waals surface area contributed by atoms with E-state index in [9.17, 15) is 0 Å². The van der Waals surface area contributed by atoms with E-state index in [-0.39, 0.29) is 0 Å². The Bertz CT molecular complexity index is 114. The van der Waals surface area contributed by atoms with E-state index < -0.39 is 0 Å². The first kappa shape index (κ1) is 6.62. The Morgan fingerprint density at radius 1 is 1.20 bits per heavy atom. The second-order valence-corrected chi connectivity index (χ2v) is 3.47. The highest BCUT2D eigenvalue weighted by atomic mass is 16.5. The van der Waals surface area contributed by atoms with Gasteiger partial charge in [0.05, 0.1) is 6.10 Å². The molecule has 1 N–H and O–H groups in total. The Balaban J connectivity index is 1.96. The predicted octanol–water partition coefficient (Wildman–Crippen LogP) is 0.916. The number of piperidine rings is 1. The van der Waals surface area contributed by atoms with Crippen molar-refractivity contribution in [2.45, 2.75) is 43.9 Å². The lowest BCUT2D eigenvalue weighted by atomic mass is 10.0. The van der Waals surface area contributed by atoms with E-state index in [0.29, 0.717) is 6.10 Å². The molecule has 0 saturated carbocycles. The van der Waals surface area contributed by atoms with Crippen LogP contribution >= 0.6 is 0 Å². The highest BCUT2D eigenvalue weighted by Gasteiger charge is 2.33. The molecule has 0 amide bonds. The Hall–Kier alpha value is -0.0800. The van der Waals surface area contributed by atoms with Crippen molar-refractivity contribution in [3.05, 3.63) is 0 Å². The number of nitrogens with one attached hydrogen (secondary N) is 1. The first-order chi connectivity index (χ1) is 4.88. The third-order valence-electron chi connectivity index (χ3n) is 2.76. The molecule has 2 saturated heterocycles. The summed E-state index contributed by atoms with van der Waals surface area (Å²) in [5.74, 6) is 0. The average molecular weight is 141 g/mol. The van der Waals surface area contributed by atoms with Crippen LogP contribution in [0.3, 0.4) is 0 Å². The summed E-state index contributed by atoms with van der Waals surface area (Å²) >= 11 is 0. The van der Waals surface area contributed by atoms with Crippen molar-refractivity contribution in [3.8, 4) is 0 Å². The van der Waals surface area contributed by atoms with E-state index in [1.54, 1.807) is 0 Å². The van der Waals surface area contributed by atoms with Gasteiger partial charge in [0.1, 0.15) is 0 Å². The van der Waals surface area contributed by atoms with Crippen LogP contribution in [0.5, 0.6) is 0 Å². The van der Waals surface area contributed by atoms with Gasteiger partial charge in [-0.25, -0.2) is 0 Å². The normalized spacial score (nSPS) is 45.9.